The summed E-state index contributed by atoms with van der Waals surface area (Å²) < 4.78 is 23.1. The van der Waals surface area contributed by atoms with Crippen molar-refractivity contribution in [3.8, 4) is 0 Å². The lowest BCUT2D eigenvalue weighted by atomic mass is 10.1. The number of carbonyl (C=O) groups excluding carboxylic acids is 2. The average Bonchev–Trinajstić information content (AvgIpc) is 3.13. The Balaban J connectivity index is 1.79. The molecule has 1 aromatic carbocycles. The van der Waals surface area contributed by atoms with E-state index in [0.717, 1.165) is 18.2 Å². The summed E-state index contributed by atoms with van der Waals surface area (Å²) in [6.07, 6.45) is 1.88. The van der Waals surface area contributed by atoms with Crippen molar-refractivity contribution in [3.63, 3.8) is 0 Å². The molecule has 0 aliphatic heterocycles. The number of hydrogen-bond donors (Lipinski definition) is 2. The van der Waals surface area contributed by atoms with Crippen LogP contribution in [-0.4, -0.2) is 51.6 Å². The van der Waals surface area contributed by atoms with E-state index in [2.05, 4.69) is 10.6 Å². The zero-order chi connectivity index (χ0) is 20.7. The molecule has 0 spiro atoms. The van der Waals surface area contributed by atoms with E-state index in [9.17, 15) is 18.0 Å². The number of hydrogen-bond acceptors (Lipinski definition) is 6. The minimum atomic E-state index is -3.24. The molecule has 1 heterocycles. The van der Waals surface area contributed by atoms with Gasteiger partial charge in [0, 0.05) is 23.7 Å². The van der Waals surface area contributed by atoms with Gasteiger partial charge in [0.05, 0.1) is 11.4 Å². The Bertz CT molecular complexity index is 894. The van der Waals surface area contributed by atoms with Crippen LogP contribution in [0.1, 0.15) is 23.4 Å². The molecule has 1 atom stereocenters. The van der Waals surface area contributed by atoms with Crippen LogP contribution in [-0.2, 0) is 21.1 Å². The number of rotatable bonds is 8. The van der Waals surface area contributed by atoms with Crippen molar-refractivity contribution in [2.24, 2.45) is 0 Å². The molecule has 7 nitrogen and oxygen atoms in total. The van der Waals surface area contributed by atoms with Crippen molar-refractivity contribution in [1.29, 1.82) is 0 Å². The second kappa shape index (κ2) is 9.81. The highest BCUT2D eigenvalue weighted by Crippen LogP contribution is 2.20. The van der Waals surface area contributed by atoms with Gasteiger partial charge < -0.3 is 5.32 Å². The van der Waals surface area contributed by atoms with Gasteiger partial charge in [-0.3, -0.25) is 15.0 Å². The topological polar surface area (TPSA) is 95.6 Å². The van der Waals surface area contributed by atoms with Gasteiger partial charge in [-0.1, -0.05) is 18.2 Å². The number of thiophene rings is 1. The number of nitrogens with zero attached hydrogens (tertiary/aromatic N) is 1. The first kappa shape index (κ1) is 22.1. The van der Waals surface area contributed by atoms with Gasteiger partial charge in [0.2, 0.25) is 5.91 Å². The third-order valence-corrected chi connectivity index (χ3v) is 6.40. The van der Waals surface area contributed by atoms with Gasteiger partial charge in [-0.15, -0.1) is 11.3 Å². The van der Waals surface area contributed by atoms with Crippen LogP contribution in [0.25, 0.3) is 0 Å². The zero-order valence-electron chi connectivity index (χ0n) is 16.1. The van der Waals surface area contributed by atoms with Crippen molar-refractivity contribution < 1.29 is 18.0 Å². The lowest BCUT2D eigenvalue weighted by Crippen LogP contribution is -2.44. The lowest BCUT2D eigenvalue weighted by Gasteiger charge is -2.24. The molecule has 2 aromatic rings. The van der Waals surface area contributed by atoms with E-state index in [1.54, 1.807) is 47.5 Å². The van der Waals surface area contributed by atoms with Crippen LogP contribution < -0.4 is 10.6 Å². The number of amides is 3. The molecular weight excluding hydrogens is 398 g/mol. The highest BCUT2D eigenvalue weighted by Gasteiger charge is 2.17. The van der Waals surface area contributed by atoms with Gasteiger partial charge in [0.25, 0.3) is 0 Å². The summed E-state index contributed by atoms with van der Waals surface area (Å²) in [4.78, 5) is 27.1. The standard InChI is InChI=1S/C19H25N3O4S2/c1-14(15-6-8-17(9-7-15)28(3,25)26)22(2)13-18(23)21-19(24)20-11-10-16-5-4-12-27-16/h4-9,12,14H,10-11,13H2,1-3H3,(H2,20,21,23,24). The van der Waals surface area contributed by atoms with Crippen LogP contribution in [0.4, 0.5) is 4.79 Å². The first-order valence-electron chi connectivity index (χ1n) is 8.77. The quantitative estimate of drug-likeness (QED) is 0.679. The van der Waals surface area contributed by atoms with E-state index in [1.165, 1.54) is 4.88 Å². The fourth-order valence-corrected chi connectivity index (χ4v) is 3.92. The molecule has 1 aromatic heterocycles. The number of likely N-dealkylation sites (N-methyl/N-ethyl adjacent to an activating group) is 1. The molecule has 0 fully saturated rings. The van der Waals surface area contributed by atoms with E-state index in [1.807, 2.05) is 24.4 Å². The van der Waals surface area contributed by atoms with Crippen LogP contribution in [0.3, 0.4) is 0 Å². The number of carbonyl (C=O) groups is 2. The lowest BCUT2D eigenvalue weighted by molar-refractivity contribution is -0.121. The third kappa shape index (κ3) is 6.74. The van der Waals surface area contributed by atoms with E-state index in [4.69, 9.17) is 0 Å². The van der Waals surface area contributed by atoms with Gasteiger partial charge >= 0.3 is 6.03 Å². The molecule has 28 heavy (non-hydrogen) atoms. The third-order valence-electron chi connectivity index (χ3n) is 4.33. The highest BCUT2D eigenvalue weighted by atomic mass is 32.2. The summed E-state index contributed by atoms with van der Waals surface area (Å²) in [5.41, 5.74) is 0.878. The first-order chi connectivity index (χ1) is 13.2. The molecule has 0 aliphatic rings. The maximum atomic E-state index is 12.1. The Hall–Kier alpha value is -2.23. The van der Waals surface area contributed by atoms with Crippen molar-refractivity contribution in [2.75, 3.05) is 26.4 Å². The van der Waals surface area contributed by atoms with E-state index < -0.39 is 21.8 Å². The van der Waals surface area contributed by atoms with Gasteiger partial charge in [-0.25, -0.2) is 13.2 Å². The Morgan fingerprint density at radius 2 is 1.86 bits per heavy atom. The van der Waals surface area contributed by atoms with Crippen LogP contribution >= 0.6 is 11.3 Å². The molecule has 9 heteroatoms. The summed E-state index contributed by atoms with van der Waals surface area (Å²) in [5, 5.41) is 6.96. The summed E-state index contributed by atoms with van der Waals surface area (Å²) in [7, 11) is -1.47. The Labute approximate surface area is 169 Å². The average molecular weight is 424 g/mol. The molecule has 2 rings (SSSR count). The molecule has 0 saturated carbocycles. The van der Waals surface area contributed by atoms with Gasteiger partial charge in [-0.2, -0.15) is 0 Å². The fraction of sp³-hybridized carbons (Fsp3) is 0.368. The second-order valence-electron chi connectivity index (χ2n) is 6.57. The smallest absolute Gasteiger partial charge is 0.321 e. The second-order valence-corrected chi connectivity index (χ2v) is 9.61. The number of nitrogens with one attached hydrogen (secondary N) is 2. The molecule has 0 bridgehead atoms. The van der Waals surface area contributed by atoms with E-state index in [0.29, 0.717) is 6.54 Å². The van der Waals surface area contributed by atoms with Crippen LogP contribution in [0.2, 0.25) is 0 Å². The summed E-state index contributed by atoms with van der Waals surface area (Å²) >= 11 is 1.62. The Kier molecular flexibility index (Phi) is 7.73. The Morgan fingerprint density at radius 3 is 2.43 bits per heavy atom. The maximum absolute atomic E-state index is 12.1. The number of imide groups is 1. The fourth-order valence-electron chi connectivity index (χ4n) is 2.58. The maximum Gasteiger partial charge on any atom is 0.321 e. The zero-order valence-corrected chi connectivity index (χ0v) is 17.8. The van der Waals surface area contributed by atoms with Gasteiger partial charge in [-0.05, 0) is 49.5 Å². The highest BCUT2D eigenvalue weighted by molar-refractivity contribution is 7.90. The number of benzene rings is 1. The van der Waals surface area contributed by atoms with Crippen LogP contribution in [0.5, 0.6) is 0 Å². The number of urea groups is 1. The predicted molar refractivity (Wildman–Crippen MR) is 110 cm³/mol. The molecule has 0 saturated heterocycles. The summed E-state index contributed by atoms with van der Waals surface area (Å²) in [6, 6.07) is 9.87. The summed E-state index contributed by atoms with van der Waals surface area (Å²) in [5.74, 6) is -0.407. The van der Waals surface area contributed by atoms with Crippen molar-refractivity contribution in [1.82, 2.24) is 15.5 Å². The van der Waals surface area contributed by atoms with Crippen molar-refractivity contribution >= 4 is 33.1 Å². The van der Waals surface area contributed by atoms with E-state index >= 15 is 0 Å². The SMILES string of the molecule is CC(c1ccc(S(C)(=O)=O)cc1)N(C)CC(=O)NC(=O)NCCc1cccs1. The van der Waals surface area contributed by atoms with Crippen molar-refractivity contribution in [2.45, 2.75) is 24.3 Å². The van der Waals surface area contributed by atoms with Crippen molar-refractivity contribution in [3.05, 3.63) is 52.2 Å². The first-order valence-corrected chi connectivity index (χ1v) is 11.5. The monoisotopic (exact) mass is 423 g/mol. The summed E-state index contributed by atoms with van der Waals surface area (Å²) in [6.45, 7) is 2.40. The molecule has 2 N–H and O–H groups in total. The Morgan fingerprint density at radius 1 is 1.18 bits per heavy atom. The van der Waals surface area contributed by atoms with Crippen LogP contribution in [0.15, 0.2) is 46.7 Å². The molecule has 1 unspecified atom stereocenters. The molecule has 152 valence electrons. The largest absolute Gasteiger partial charge is 0.337 e. The van der Waals surface area contributed by atoms with Crippen LogP contribution in [0, 0.1) is 0 Å². The van der Waals surface area contributed by atoms with Gasteiger partial charge in [0.1, 0.15) is 0 Å². The predicted octanol–water partition coefficient (Wildman–Crippen LogP) is 2.21. The molecule has 0 radical (unpaired) electrons. The minimum Gasteiger partial charge on any atom is -0.337 e. The van der Waals surface area contributed by atoms with Gasteiger partial charge in [0.15, 0.2) is 9.84 Å². The normalized spacial score (nSPS) is 12.6. The number of sulfone groups is 1. The molecule has 3 amide bonds. The van der Waals surface area contributed by atoms with E-state index in [-0.39, 0.29) is 17.5 Å². The molecule has 0 aliphatic carbocycles. The molecular formula is C19H25N3O4S2. The minimum absolute atomic E-state index is 0.0351.